The smallest absolute Gasteiger partial charge is 0.0541 e. The summed E-state index contributed by atoms with van der Waals surface area (Å²) in [6, 6.07) is 86.4. The molecule has 0 fully saturated rings. The van der Waals surface area contributed by atoms with E-state index in [1.165, 1.54) is 105 Å². The molecule has 3 atom stereocenters. The molecule has 2 heterocycles. The normalized spacial score (nSPS) is 12.0. The summed E-state index contributed by atoms with van der Waals surface area (Å²) in [6.07, 6.45) is 3.15. The minimum atomic E-state index is 0. The van der Waals surface area contributed by atoms with Crippen molar-refractivity contribution in [2.75, 3.05) is 4.90 Å². The molecule has 12 aromatic rings. The van der Waals surface area contributed by atoms with Gasteiger partial charge in [-0.25, -0.2) is 0 Å². The lowest BCUT2D eigenvalue weighted by atomic mass is 9.80. The molecule has 0 N–H and O–H groups in total. The Kier molecular flexibility index (Phi) is 20.0. The topological polar surface area (TPSA) is 13.1 Å². The highest BCUT2D eigenvalue weighted by molar-refractivity contribution is 6.10. The second-order valence-corrected chi connectivity index (χ2v) is 21.1. The maximum atomic E-state index is 2.61. The molecule has 3 unspecified atom stereocenters. The van der Waals surface area contributed by atoms with Crippen LogP contribution in [-0.4, -0.2) is 9.13 Å². The van der Waals surface area contributed by atoms with E-state index in [1.54, 1.807) is 0 Å². The third-order valence-electron chi connectivity index (χ3n) is 16.2. The standard InChI is InChI=1S/C72H65N3.6CH4/c1-7-53(54-28-30-55(31-29-54)56-36-42-62(43-37-56)74(60-38-24-48(2)25-39-60)61-40-26-49(3)27-41-61)47-59(46-52(6)73-68-20-12-8-16-63(68)64-17-9-13-21-69(64)73)57-32-34-58(35-33-57)67-44-51(5)72(45-50(67)4)75-70-22-14-10-18-65(70)66-19-11-15-23-71(66)75;;;;;;/h8-45,52-53,59H,7,46-47H2,1-6H3;6*1H4. The van der Waals surface area contributed by atoms with Crippen molar-refractivity contribution in [3.8, 4) is 27.9 Å². The van der Waals surface area contributed by atoms with E-state index in [0.29, 0.717) is 11.8 Å². The predicted molar refractivity (Wildman–Crippen MR) is 361 cm³/mol. The molecule has 0 spiro atoms. The minimum Gasteiger partial charge on any atom is -0.338 e. The molecule has 0 aliphatic heterocycles. The van der Waals surface area contributed by atoms with Gasteiger partial charge in [0.05, 0.1) is 11.0 Å². The Morgan fingerprint density at radius 1 is 0.370 bits per heavy atom. The van der Waals surface area contributed by atoms with E-state index in [0.717, 1.165) is 36.3 Å². The highest BCUT2D eigenvalue weighted by Crippen LogP contribution is 2.43. The van der Waals surface area contributed by atoms with E-state index < -0.39 is 0 Å². The summed E-state index contributed by atoms with van der Waals surface area (Å²) in [7, 11) is 0. The van der Waals surface area contributed by atoms with E-state index in [4.69, 9.17) is 0 Å². The molecule has 0 radical (unpaired) electrons. The molecule has 0 amide bonds. The SMILES string of the molecule is C.C.C.C.C.C.CCC(CC(CC(C)n1c2ccccc2c2ccccc21)c1ccc(-c2cc(C)c(-n3c4ccccc4c4ccccc43)cc2C)cc1)c1ccc(-c2ccc(N(c3ccc(C)cc3)c3ccc(C)cc3)cc2)cc1. The summed E-state index contributed by atoms with van der Waals surface area (Å²) in [5, 5.41) is 5.23. The predicted octanol–water partition coefficient (Wildman–Crippen LogP) is 24.1. The minimum absolute atomic E-state index is 0. The molecule has 0 saturated carbocycles. The Morgan fingerprint density at radius 3 is 1.19 bits per heavy atom. The fourth-order valence-corrected chi connectivity index (χ4v) is 12.3. The lowest BCUT2D eigenvalue weighted by Gasteiger charge is -2.28. The van der Waals surface area contributed by atoms with Gasteiger partial charge in [-0.3, -0.25) is 0 Å². The van der Waals surface area contributed by atoms with Crippen LogP contribution in [0.1, 0.15) is 129 Å². The number of benzene rings is 10. The van der Waals surface area contributed by atoms with E-state index in [1.807, 2.05) is 0 Å². The second kappa shape index (κ2) is 26.2. The Morgan fingerprint density at radius 2 is 0.741 bits per heavy atom. The number of aromatic nitrogens is 2. The first-order valence-corrected chi connectivity index (χ1v) is 27.0. The lowest BCUT2D eigenvalue weighted by Crippen LogP contribution is -2.13. The van der Waals surface area contributed by atoms with Crippen LogP contribution in [0.4, 0.5) is 17.1 Å². The summed E-state index contributed by atoms with van der Waals surface area (Å²) in [4.78, 5) is 2.34. The van der Waals surface area contributed by atoms with Crippen LogP contribution in [0.25, 0.3) is 71.6 Å². The molecule has 10 aromatic carbocycles. The lowest BCUT2D eigenvalue weighted by molar-refractivity contribution is 0.422. The molecule has 0 aliphatic rings. The molecule has 12 rings (SSSR count). The van der Waals surface area contributed by atoms with E-state index >= 15 is 0 Å². The monoisotopic (exact) mass is 1070 g/mol. The van der Waals surface area contributed by atoms with E-state index in [9.17, 15) is 0 Å². The summed E-state index contributed by atoms with van der Waals surface area (Å²) >= 11 is 0. The van der Waals surface area contributed by atoms with E-state index in [2.05, 4.69) is 286 Å². The van der Waals surface area contributed by atoms with Gasteiger partial charge in [-0.15, -0.1) is 0 Å². The number of hydrogen-bond acceptors (Lipinski definition) is 1. The van der Waals surface area contributed by atoms with Crippen LogP contribution in [0.15, 0.2) is 231 Å². The number of hydrogen-bond donors (Lipinski definition) is 0. The number of nitrogens with zero attached hydrogens (tertiary/aromatic N) is 3. The van der Waals surface area contributed by atoms with Crippen molar-refractivity contribution in [3.63, 3.8) is 0 Å². The number of anilines is 3. The molecule has 416 valence electrons. The fourth-order valence-electron chi connectivity index (χ4n) is 12.3. The zero-order chi connectivity index (χ0) is 51.2. The highest BCUT2D eigenvalue weighted by Gasteiger charge is 2.25. The maximum Gasteiger partial charge on any atom is 0.0541 e. The molecule has 81 heavy (non-hydrogen) atoms. The summed E-state index contributed by atoms with van der Waals surface area (Å²) < 4.78 is 5.06. The first-order valence-electron chi connectivity index (χ1n) is 27.0. The Balaban J connectivity index is 0.00000176. The molecular weight excluding hydrogens is 979 g/mol. The molecule has 3 nitrogen and oxygen atoms in total. The second-order valence-electron chi connectivity index (χ2n) is 21.1. The molecular formula is C78H89N3. The van der Waals surface area contributed by atoms with Crippen LogP contribution in [-0.2, 0) is 0 Å². The average Bonchev–Trinajstić information content (AvgIpc) is 4.23. The number of para-hydroxylation sites is 4. The quantitative estimate of drug-likeness (QED) is 0.106. The van der Waals surface area contributed by atoms with Gasteiger partial charge in [0.15, 0.2) is 0 Å². The molecule has 2 aromatic heterocycles. The summed E-state index contributed by atoms with van der Waals surface area (Å²) in [5.41, 5.74) is 22.6. The van der Waals surface area contributed by atoms with Crippen LogP contribution in [0.3, 0.4) is 0 Å². The van der Waals surface area contributed by atoms with Crippen molar-refractivity contribution in [2.45, 2.75) is 123 Å². The van der Waals surface area contributed by atoms with Gasteiger partial charge in [0.1, 0.15) is 0 Å². The number of rotatable bonds is 14. The van der Waals surface area contributed by atoms with Crippen LogP contribution in [0.5, 0.6) is 0 Å². The van der Waals surface area contributed by atoms with Crippen molar-refractivity contribution in [1.82, 2.24) is 9.13 Å². The van der Waals surface area contributed by atoms with Gasteiger partial charge >= 0.3 is 0 Å². The first kappa shape index (κ1) is 61.8. The molecule has 0 saturated heterocycles. The van der Waals surface area contributed by atoms with Gasteiger partial charge in [-0.1, -0.05) is 220 Å². The number of aryl methyl sites for hydroxylation is 4. The summed E-state index contributed by atoms with van der Waals surface area (Å²) in [5.74, 6) is 0.726. The maximum absolute atomic E-state index is 2.61. The van der Waals surface area contributed by atoms with Crippen molar-refractivity contribution < 1.29 is 0 Å². The van der Waals surface area contributed by atoms with Gasteiger partial charge in [-0.05, 0) is 183 Å². The summed E-state index contributed by atoms with van der Waals surface area (Å²) in [6.45, 7) is 13.6. The van der Waals surface area contributed by atoms with Crippen molar-refractivity contribution in [1.29, 1.82) is 0 Å². The van der Waals surface area contributed by atoms with E-state index in [-0.39, 0.29) is 50.6 Å². The molecule has 3 heteroatoms. The van der Waals surface area contributed by atoms with Crippen molar-refractivity contribution in [3.05, 3.63) is 264 Å². The average molecular weight is 1070 g/mol. The van der Waals surface area contributed by atoms with Crippen molar-refractivity contribution >= 4 is 60.7 Å². The van der Waals surface area contributed by atoms with Gasteiger partial charge in [-0.2, -0.15) is 0 Å². The van der Waals surface area contributed by atoms with Crippen molar-refractivity contribution in [2.24, 2.45) is 0 Å². The third-order valence-corrected chi connectivity index (χ3v) is 16.2. The van der Waals surface area contributed by atoms with Crippen LogP contribution >= 0.6 is 0 Å². The molecule has 0 bridgehead atoms. The largest absolute Gasteiger partial charge is 0.338 e. The Bertz CT molecular complexity index is 3820. The van der Waals surface area contributed by atoms with Crippen LogP contribution < -0.4 is 4.90 Å². The van der Waals surface area contributed by atoms with Gasteiger partial charge in [0.2, 0.25) is 0 Å². The van der Waals surface area contributed by atoms with Gasteiger partial charge < -0.3 is 14.0 Å². The fraction of sp³-hybridized carbons (Fsp3) is 0.231. The van der Waals surface area contributed by atoms with Gasteiger partial charge in [0.25, 0.3) is 0 Å². The molecule has 0 aliphatic carbocycles. The highest BCUT2D eigenvalue weighted by atomic mass is 15.1. The first-order chi connectivity index (χ1) is 36.7. The Hall–Kier alpha value is -8.40. The van der Waals surface area contributed by atoms with Gasteiger partial charge in [0, 0.05) is 61.4 Å². The van der Waals surface area contributed by atoms with Crippen LogP contribution in [0.2, 0.25) is 0 Å². The third kappa shape index (κ3) is 11.8. The number of fused-ring (bicyclic) bond motifs is 6. The zero-order valence-electron chi connectivity index (χ0n) is 44.1. The Labute approximate surface area is 487 Å². The van der Waals surface area contributed by atoms with Crippen LogP contribution in [0, 0.1) is 27.7 Å². The zero-order valence-corrected chi connectivity index (χ0v) is 44.1.